The molecule has 0 N–H and O–H groups in total. The summed E-state index contributed by atoms with van der Waals surface area (Å²) in [6.45, 7) is 2.19. The van der Waals surface area contributed by atoms with Crippen LogP contribution in [0.25, 0.3) is 21.9 Å². The minimum absolute atomic E-state index is 0.348. The fraction of sp³-hybridized carbons (Fsp3) is 0.172. The quantitative estimate of drug-likeness (QED) is 0.179. The maximum atomic E-state index is 12.6. The van der Waals surface area contributed by atoms with Crippen LogP contribution in [0.5, 0.6) is 5.75 Å². The standard InChI is InChI=1S/C29H25NO2/c1-2-3-4-5-21-6-12-24(13-7-21)29(31)32-28-17-16-26-18-25(14-15-27(26)19-28)23-10-8-22(20-30)9-11-23/h6-19H,2-5H2,1H3. The van der Waals surface area contributed by atoms with Crippen LogP contribution in [0.15, 0.2) is 84.9 Å². The van der Waals surface area contributed by atoms with Gasteiger partial charge in [0, 0.05) is 0 Å². The maximum Gasteiger partial charge on any atom is 0.343 e. The van der Waals surface area contributed by atoms with Gasteiger partial charge in [-0.05, 0) is 82.8 Å². The van der Waals surface area contributed by atoms with E-state index in [1.807, 2.05) is 78.9 Å². The van der Waals surface area contributed by atoms with E-state index in [4.69, 9.17) is 10.00 Å². The van der Waals surface area contributed by atoms with Gasteiger partial charge in [-0.15, -0.1) is 0 Å². The average molecular weight is 420 g/mol. The number of rotatable bonds is 7. The molecule has 0 radical (unpaired) electrons. The Morgan fingerprint density at radius 3 is 2.22 bits per heavy atom. The molecule has 0 aromatic heterocycles. The number of aryl methyl sites for hydroxylation is 1. The van der Waals surface area contributed by atoms with Crippen molar-refractivity contribution in [2.75, 3.05) is 0 Å². The van der Waals surface area contributed by atoms with Gasteiger partial charge in [0.15, 0.2) is 0 Å². The fourth-order valence-corrected chi connectivity index (χ4v) is 3.76. The molecule has 0 atom stereocenters. The van der Waals surface area contributed by atoms with Crippen LogP contribution in [0.4, 0.5) is 0 Å². The first kappa shape index (κ1) is 21.3. The Hall–Kier alpha value is -3.90. The number of carbonyl (C=O) groups excluding carboxylic acids is 1. The Kier molecular flexibility index (Phi) is 6.63. The largest absolute Gasteiger partial charge is 0.423 e. The number of hydrogen-bond acceptors (Lipinski definition) is 3. The van der Waals surface area contributed by atoms with Gasteiger partial charge in [-0.2, -0.15) is 5.26 Å². The molecule has 0 aliphatic carbocycles. The van der Waals surface area contributed by atoms with Crippen LogP contribution < -0.4 is 4.74 Å². The molecule has 0 saturated carbocycles. The third-order valence-electron chi connectivity index (χ3n) is 5.63. The topological polar surface area (TPSA) is 50.1 Å². The van der Waals surface area contributed by atoms with Crippen LogP contribution in [-0.2, 0) is 6.42 Å². The summed E-state index contributed by atoms with van der Waals surface area (Å²) in [6.07, 6.45) is 4.64. The predicted molar refractivity (Wildman–Crippen MR) is 129 cm³/mol. The molecule has 0 aliphatic rings. The lowest BCUT2D eigenvalue weighted by Gasteiger charge is -2.08. The number of ether oxygens (including phenoxy) is 1. The zero-order chi connectivity index (χ0) is 22.3. The van der Waals surface area contributed by atoms with Crippen molar-refractivity contribution < 1.29 is 9.53 Å². The van der Waals surface area contributed by atoms with Crippen molar-refractivity contribution in [3.63, 3.8) is 0 Å². The van der Waals surface area contributed by atoms with Crippen molar-refractivity contribution in [1.29, 1.82) is 5.26 Å². The minimum Gasteiger partial charge on any atom is -0.423 e. The van der Waals surface area contributed by atoms with Crippen molar-refractivity contribution in [1.82, 2.24) is 0 Å². The Labute approximate surface area is 188 Å². The smallest absolute Gasteiger partial charge is 0.343 e. The lowest BCUT2D eigenvalue weighted by atomic mass is 10.0. The normalized spacial score (nSPS) is 10.6. The number of esters is 1. The van der Waals surface area contributed by atoms with Crippen molar-refractivity contribution >= 4 is 16.7 Å². The van der Waals surface area contributed by atoms with Gasteiger partial charge in [0.1, 0.15) is 5.75 Å². The summed E-state index contributed by atoms with van der Waals surface area (Å²) in [6, 6.07) is 29.2. The highest BCUT2D eigenvalue weighted by atomic mass is 16.5. The van der Waals surface area contributed by atoms with E-state index >= 15 is 0 Å². The SMILES string of the molecule is CCCCCc1ccc(C(=O)Oc2ccc3cc(-c4ccc(C#N)cc4)ccc3c2)cc1. The van der Waals surface area contributed by atoms with Crippen molar-refractivity contribution in [2.24, 2.45) is 0 Å². The molecule has 3 nitrogen and oxygen atoms in total. The van der Waals surface area contributed by atoms with E-state index in [0.29, 0.717) is 16.9 Å². The second-order valence-electron chi connectivity index (χ2n) is 7.96. The van der Waals surface area contributed by atoms with Gasteiger partial charge in [-0.1, -0.05) is 62.2 Å². The summed E-state index contributed by atoms with van der Waals surface area (Å²) >= 11 is 0. The van der Waals surface area contributed by atoms with Gasteiger partial charge in [0.25, 0.3) is 0 Å². The molecule has 0 spiro atoms. The molecule has 158 valence electrons. The number of nitrogens with zero attached hydrogens (tertiary/aromatic N) is 1. The first-order valence-electron chi connectivity index (χ1n) is 11.0. The Bertz CT molecular complexity index is 1270. The van der Waals surface area contributed by atoms with E-state index in [-0.39, 0.29) is 5.97 Å². The molecule has 0 saturated heterocycles. The minimum atomic E-state index is -0.348. The van der Waals surface area contributed by atoms with Crippen molar-refractivity contribution in [3.05, 3.63) is 102 Å². The third-order valence-corrected chi connectivity index (χ3v) is 5.63. The molecular weight excluding hydrogens is 394 g/mol. The van der Waals surface area contributed by atoms with E-state index in [1.54, 1.807) is 0 Å². The van der Waals surface area contributed by atoms with Gasteiger partial charge >= 0.3 is 5.97 Å². The molecule has 4 aromatic carbocycles. The number of benzene rings is 4. The average Bonchev–Trinajstić information content (AvgIpc) is 2.84. The van der Waals surface area contributed by atoms with E-state index in [9.17, 15) is 4.79 Å². The number of hydrogen-bond donors (Lipinski definition) is 0. The van der Waals surface area contributed by atoms with Gasteiger partial charge in [0.2, 0.25) is 0 Å². The molecule has 4 rings (SSSR count). The zero-order valence-corrected chi connectivity index (χ0v) is 18.2. The summed E-state index contributed by atoms with van der Waals surface area (Å²) in [5.41, 5.74) is 4.58. The molecule has 0 bridgehead atoms. The van der Waals surface area contributed by atoms with Crippen LogP contribution in [0.2, 0.25) is 0 Å². The van der Waals surface area contributed by atoms with Crippen LogP contribution in [0.3, 0.4) is 0 Å². The number of carbonyl (C=O) groups is 1. The van der Waals surface area contributed by atoms with E-state index in [0.717, 1.165) is 28.3 Å². The Morgan fingerprint density at radius 1 is 0.812 bits per heavy atom. The number of fused-ring (bicyclic) bond motifs is 1. The van der Waals surface area contributed by atoms with Crippen molar-refractivity contribution in [2.45, 2.75) is 32.6 Å². The number of unbranched alkanes of at least 4 members (excludes halogenated alkanes) is 2. The van der Waals surface area contributed by atoms with Crippen LogP contribution in [0, 0.1) is 11.3 Å². The van der Waals surface area contributed by atoms with E-state index in [1.165, 1.54) is 24.8 Å². The molecule has 0 amide bonds. The molecule has 0 unspecified atom stereocenters. The summed E-state index contributed by atoms with van der Waals surface area (Å²) in [5, 5.41) is 11.0. The summed E-state index contributed by atoms with van der Waals surface area (Å²) in [5.74, 6) is 0.180. The zero-order valence-electron chi connectivity index (χ0n) is 18.2. The lowest BCUT2D eigenvalue weighted by molar-refractivity contribution is 0.0735. The molecule has 3 heteroatoms. The summed E-state index contributed by atoms with van der Waals surface area (Å²) < 4.78 is 5.62. The first-order chi connectivity index (χ1) is 15.7. The highest BCUT2D eigenvalue weighted by Crippen LogP contribution is 2.27. The second kappa shape index (κ2) is 9.94. The second-order valence-corrected chi connectivity index (χ2v) is 7.96. The van der Waals surface area contributed by atoms with Gasteiger partial charge in [-0.3, -0.25) is 0 Å². The van der Waals surface area contributed by atoms with Gasteiger partial charge in [0.05, 0.1) is 17.2 Å². The third kappa shape index (κ3) is 5.04. The van der Waals surface area contributed by atoms with E-state index < -0.39 is 0 Å². The van der Waals surface area contributed by atoms with Gasteiger partial charge in [-0.25, -0.2) is 4.79 Å². The van der Waals surface area contributed by atoms with Crippen LogP contribution in [-0.4, -0.2) is 5.97 Å². The molecular formula is C29H25NO2. The molecule has 4 aromatic rings. The lowest BCUT2D eigenvalue weighted by Crippen LogP contribution is -2.08. The molecule has 0 aliphatic heterocycles. The molecule has 0 heterocycles. The monoisotopic (exact) mass is 419 g/mol. The highest BCUT2D eigenvalue weighted by molar-refractivity contribution is 5.93. The highest BCUT2D eigenvalue weighted by Gasteiger charge is 2.10. The Morgan fingerprint density at radius 2 is 1.50 bits per heavy atom. The summed E-state index contributed by atoms with van der Waals surface area (Å²) in [4.78, 5) is 12.6. The van der Waals surface area contributed by atoms with Crippen molar-refractivity contribution in [3.8, 4) is 22.9 Å². The number of nitriles is 1. The first-order valence-corrected chi connectivity index (χ1v) is 11.0. The predicted octanol–water partition coefficient (Wildman–Crippen LogP) is 7.33. The van der Waals surface area contributed by atoms with Crippen LogP contribution in [0.1, 0.15) is 47.7 Å². The maximum absolute atomic E-state index is 12.6. The van der Waals surface area contributed by atoms with Gasteiger partial charge < -0.3 is 4.74 Å². The van der Waals surface area contributed by atoms with Crippen LogP contribution >= 0.6 is 0 Å². The van der Waals surface area contributed by atoms with E-state index in [2.05, 4.69) is 19.1 Å². The summed E-state index contributed by atoms with van der Waals surface area (Å²) in [7, 11) is 0. The fourth-order valence-electron chi connectivity index (χ4n) is 3.76. The molecule has 0 fully saturated rings. The Balaban J connectivity index is 1.46. The molecule has 32 heavy (non-hydrogen) atoms.